The van der Waals surface area contributed by atoms with E-state index in [-0.39, 0.29) is 43.7 Å². The Balaban J connectivity index is 1.50. The minimum atomic E-state index is -4.79. The molecule has 9 nitrogen and oxygen atoms in total. The lowest BCUT2D eigenvalue weighted by atomic mass is 9.98. The van der Waals surface area contributed by atoms with E-state index in [4.69, 9.17) is 5.26 Å². The monoisotopic (exact) mass is 518 g/mol. The fraction of sp³-hybridized carbons (Fsp3) is 0.520. The second-order valence-corrected chi connectivity index (χ2v) is 9.43. The molecule has 0 radical (unpaired) electrons. The molecule has 0 aliphatic carbocycles. The average Bonchev–Trinajstić information content (AvgIpc) is 3.30. The van der Waals surface area contributed by atoms with Gasteiger partial charge in [0.25, 0.3) is 0 Å². The van der Waals surface area contributed by atoms with Crippen LogP contribution in [0.5, 0.6) is 0 Å². The van der Waals surface area contributed by atoms with Crippen LogP contribution in [0.3, 0.4) is 0 Å². The Morgan fingerprint density at radius 1 is 1.16 bits per heavy atom. The topological polar surface area (TPSA) is 126 Å². The molecule has 0 spiro atoms. The SMILES string of the molecule is N#Cc1ccc(CCNC(=O)[C@@H]2C[C@@H](O)CN2c2cc(N3CCC(CO)CC3)nc(C(F)(F)F)n2)cc1. The number of benzene rings is 1. The van der Waals surface area contributed by atoms with Crippen molar-refractivity contribution in [2.45, 2.75) is 44.0 Å². The standard InChI is InChI=1S/C25H29F3N6O3/c26-25(27,28)24-31-21(33-9-6-18(15-35)7-10-33)12-22(32-24)34-14-19(36)11-20(34)23(37)30-8-5-16-1-3-17(13-29)4-2-16/h1-4,12,18-20,35-36H,5-11,14-15H2,(H,30,37)/t19-,20+/m1/s1. The minimum Gasteiger partial charge on any atom is -0.396 e. The molecule has 1 aromatic carbocycles. The third-order valence-corrected chi connectivity index (χ3v) is 6.82. The third kappa shape index (κ3) is 6.47. The van der Waals surface area contributed by atoms with E-state index in [1.807, 2.05) is 6.07 Å². The number of aliphatic hydroxyl groups is 2. The van der Waals surface area contributed by atoms with Crippen molar-refractivity contribution in [1.29, 1.82) is 5.26 Å². The lowest BCUT2D eigenvalue weighted by Gasteiger charge is -2.33. The van der Waals surface area contributed by atoms with Crippen LogP contribution in [0, 0.1) is 17.2 Å². The number of aliphatic hydroxyl groups excluding tert-OH is 2. The predicted octanol–water partition coefficient (Wildman–Crippen LogP) is 1.87. The summed E-state index contributed by atoms with van der Waals surface area (Å²) in [7, 11) is 0. The van der Waals surface area contributed by atoms with Gasteiger partial charge in [0.15, 0.2) is 0 Å². The van der Waals surface area contributed by atoms with Crippen LogP contribution in [-0.4, -0.2) is 71.0 Å². The van der Waals surface area contributed by atoms with Gasteiger partial charge >= 0.3 is 6.18 Å². The van der Waals surface area contributed by atoms with Crippen LogP contribution in [0.4, 0.5) is 24.8 Å². The summed E-state index contributed by atoms with van der Waals surface area (Å²) in [6.07, 6.45) is -3.86. The van der Waals surface area contributed by atoms with Crippen LogP contribution in [-0.2, 0) is 17.4 Å². The van der Waals surface area contributed by atoms with Crippen molar-refractivity contribution in [3.8, 4) is 6.07 Å². The van der Waals surface area contributed by atoms with E-state index in [2.05, 4.69) is 15.3 Å². The van der Waals surface area contributed by atoms with Gasteiger partial charge in [-0.2, -0.15) is 18.4 Å². The van der Waals surface area contributed by atoms with E-state index >= 15 is 0 Å². The van der Waals surface area contributed by atoms with Crippen molar-refractivity contribution in [1.82, 2.24) is 15.3 Å². The molecule has 1 aromatic heterocycles. The number of anilines is 2. The van der Waals surface area contributed by atoms with E-state index in [9.17, 15) is 28.2 Å². The zero-order valence-electron chi connectivity index (χ0n) is 20.2. The number of amides is 1. The normalized spacial score (nSPS) is 20.6. The zero-order chi connectivity index (χ0) is 26.6. The number of halogens is 3. The molecule has 0 saturated carbocycles. The lowest BCUT2D eigenvalue weighted by molar-refractivity contribution is -0.144. The Kier molecular flexibility index (Phi) is 8.14. The van der Waals surface area contributed by atoms with Gasteiger partial charge < -0.3 is 25.3 Å². The number of alkyl halides is 3. The highest BCUT2D eigenvalue weighted by Gasteiger charge is 2.40. The second kappa shape index (κ2) is 11.3. The van der Waals surface area contributed by atoms with Crippen LogP contribution >= 0.6 is 0 Å². The number of β-amino-alcohol motifs (C(OH)–C–C–N with tert-alkyl or cyclic N) is 1. The first-order chi connectivity index (χ1) is 17.7. The molecule has 3 heterocycles. The maximum absolute atomic E-state index is 13.7. The fourth-order valence-electron chi connectivity index (χ4n) is 4.71. The van der Waals surface area contributed by atoms with Crippen LogP contribution in [0.2, 0.25) is 0 Å². The summed E-state index contributed by atoms with van der Waals surface area (Å²) < 4.78 is 41.1. The van der Waals surface area contributed by atoms with Crippen LogP contribution < -0.4 is 15.1 Å². The van der Waals surface area contributed by atoms with Crippen LogP contribution in [0.1, 0.15) is 36.2 Å². The van der Waals surface area contributed by atoms with E-state index in [1.165, 1.54) is 11.0 Å². The maximum atomic E-state index is 13.7. The smallest absolute Gasteiger partial charge is 0.396 e. The maximum Gasteiger partial charge on any atom is 0.451 e. The summed E-state index contributed by atoms with van der Waals surface area (Å²) in [5.74, 6) is -1.57. The van der Waals surface area contributed by atoms with Gasteiger partial charge in [0, 0.05) is 45.3 Å². The number of nitrogens with zero attached hydrogens (tertiary/aromatic N) is 5. The Morgan fingerprint density at radius 2 is 1.84 bits per heavy atom. The highest BCUT2D eigenvalue weighted by atomic mass is 19.4. The molecule has 12 heteroatoms. The molecule has 1 amide bonds. The van der Waals surface area contributed by atoms with Gasteiger partial charge in [0.05, 0.1) is 17.7 Å². The number of aromatic nitrogens is 2. The van der Waals surface area contributed by atoms with Gasteiger partial charge in [-0.25, -0.2) is 9.97 Å². The highest BCUT2D eigenvalue weighted by Crippen LogP contribution is 2.34. The summed E-state index contributed by atoms with van der Waals surface area (Å²) in [6, 6.07) is 9.54. The molecule has 2 aliphatic rings. The number of carbonyl (C=O) groups is 1. The molecule has 37 heavy (non-hydrogen) atoms. The Morgan fingerprint density at radius 3 is 2.46 bits per heavy atom. The summed E-state index contributed by atoms with van der Waals surface area (Å²) in [4.78, 5) is 23.6. The molecule has 0 unspecified atom stereocenters. The molecule has 198 valence electrons. The first kappa shape index (κ1) is 26.6. The number of carbonyl (C=O) groups excluding carboxylic acids is 1. The molecule has 2 aliphatic heterocycles. The molecule has 4 rings (SSSR count). The molecule has 0 bridgehead atoms. The van der Waals surface area contributed by atoms with Crippen molar-refractivity contribution in [2.75, 3.05) is 42.6 Å². The number of piperidine rings is 1. The number of nitriles is 1. The van der Waals surface area contributed by atoms with Gasteiger partial charge in [0.2, 0.25) is 11.7 Å². The summed E-state index contributed by atoms with van der Waals surface area (Å²) in [5.41, 5.74) is 1.45. The van der Waals surface area contributed by atoms with Gasteiger partial charge in [-0.15, -0.1) is 0 Å². The second-order valence-electron chi connectivity index (χ2n) is 9.43. The largest absolute Gasteiger partial charge is 0.451 e. The number of hydrogen-bond donors (Lipinski definition) is 3. The van der Waals surface area contributed by atoms with Crippen molar-refractivity contribution < 1.29 is 28.2 Å². The number of hydrogen-bond acceptors (Lipinski definition) is 8. The van der Waals surface area contributed by atoms with E-state index in [0.717, 1.165) is 5.56 Å². The highest BCUT2D eigenvalue weighted by molar-refractivity contribution is 5.86. The van der Waals surface area contributed by atoms with Crippen LogP contribution in [0.15, 0.2) is 30.3 Å². The summed E-state index contributed by atoms with van der Waals surface area (Å²) in [6.45, 7) is 1.17. The molecule has 2 aromatic rings. The van der Waals surface area contributed by atoms with E-state index in [0.29, 0.717) is 37.9 Å². The van der Waals surface area contributed by atoms with Crippen LogP contribution in [0.25, 0.3) is 0 Å². The molecular formula is C25H29F3N6O3. The van der Waals surface area contributed by atoms with Crippen molar-refractivity contribution in [3.05, 3.63) is 47.3 Å². The molecule has 2 atom stereocenters. The third-order valence-electron chi connectivity index (χ3n) is 6.82. The minimum absolute atomic E-state index is 0.0320. The average molecular weight is 519 g/mol. The zero-order valence-corrected chi connectivity index (χ0v) is 20.2. The molecular weight excluding hydrogens is 489 g/mol. The Labute approximate surface area is 212 Å². The predicted molar refractivity (Wildman–Crippen MR) is 129 cm³/mol. The number of nitrogens with one attached hydrogen (secondary N) is 1. The van der Waals surface area contributed by atoms with Crippen molar-refractivity contribution in [3.63, 3.8) is 0 Å². The Bertz CT molecular complexity index is 1130. The van der Waals surface area contributed by atoms with Crippen molar-refractivity contribution in [2.24, 2.45) is 5.92 Å². The summed E-state index contributed by atoms with van der Waals surface area (Å²) >= 11 is 0. The molecule has 2 fully saturated rings. The van der Waals surface area contributed by atoms with E-state index < -0.39 is 30.1 Å². The van der Waals surface area contributed by atoms with Gasteiger partial charge in [-0.05, 0) is 42.9 Å². The quantitative estimate of drug-likeness (QED) is 0.508. The van der Waals surface area contributed by atoms with Crippen molar-refractivity contribution >= 4 is 17.5 Å². The van der Waals surface area contributed by atoms with Gasteiger partial charge in [-0.3, -0.25) is 4.79 Å². The van der Waals surface area contributed by atoms with E-state index in [1.54, 1.807) is 29.2 Å². The van der Waals surface area contributed by atoms with Gasteiger partial charge in [0.1, 0.15) is 17.7 Å². The molecule has 2 saturated heterocycles. The number of rotatable bonds is 7. The molecule has 3 N–H and O–H groups in total. The first-order valence-corrected chi connectivity index (χ1v) is 12.2. The lowest BCUT2D eigenvalue weighted by Crippen LogP contribution is -2.44. The van der Waals surface area contributed by atoms with Gasteiger partial charge in [-0.1, -0.05) is 12.1 Å². The Hall–Kier alpha value is -3.43. The summed E-state index contributed by atoms with van der Waals surface area (Å²) in [5, 5.41) is 31.4. The first-order valence-electron chi connectivity index (χ1n) is 12.2. The fourth-order valence-corrected chi connectivity index (χ4v) is 4.71.